The highest BCUT2D eigenvalue weighted by atomic mass is 19.1. The van der Waals surface area contributed by atoms with Gasteiger partial charge in [0.1, 0.15) is 5.69 Å². The van der Waals surface area contributed by atoms with E-state index in [1.807, 2.05) is 6.07 Å². The summed E-state index contributed by atoms with van der Waals surface area (Å²) in [6, 6.07) is 7.18. The van der Waals surface area contributed by atoms with Gasteiger partial charge in [-0.1, -0.05) is 12.1 Å². The van der Waals surface area contributed by atoms with Crippen LogP contribution in [0.4, 0.5) is 14.5 Å². The monoisotopic (exact) mass is 305 g/mol. The molecule has 0 spiro atoms. The first-order chi connectivity index (χ1) is 10.5. The largest absolute Gasteiger partial charge is 0.380 e. The van der Waals surface area contributed by atoms with Gasteiger partial charge in [0.2, 0.25) is 0 Å². The minimum atomic E-state index is -0.725. The van der Waals surface area contributed by atoms with Crippen LogP contribution in [0.2, 0.25) is 0 Å². The lowest BCUT2D eigenvalue weighted by Gasteiger charge is -2.12. The predicted octanol–water partition coefficient (Wildman–Crippen LogP) is 2.72. The second-order valence-corrected chi connectivity index (χ2v) is 5.05. The molecule has 0 aliphatic carbocycles. The molecule has 0 fully saturated rings. The van der Waals surface area contributed by atoms with E-state index in [-0.39, 0.29) is 11.6 Å². The molecule has 0 unspecified atom stereocenters. The third-order valence-electron chi connectivity index (χ3n) is 3.15. The topological polar surface area (TPSA) is 45.2 Å². The molecular formula is C16H17F2N3O. The van der Waals surface area contributed by atoms with E-state index in [2.05, 4.69) is 10.3 Å². The fourth-order valence-electron chi connectivity index (χ4n) is 2.03. The number of nitrogens with one attached hydrogen (secondary N) is 1. The van der Waals surface area contributed by atoms with Gasteiger partial charge in [0.25, 0.3) is 5.91 Å². The number of pyridine rings is 1. The van der Waals surface area contributed by atoms with Crippen LogP contribution in [0.5, 0.6) is 0 Å². The molecule has 6 heteroatoms. The molecule has 1 N–H and O–H groups in total. The molecule has 22 heavy (non-hydrogen) atoms. The standard InChI is InChI=1S/C16H17F2N3O/c1-21(2)16(22)12-5-3-4-11(8-12)6-7-20-15-13(17)9-19-10-14(15)18/h3-5,8-10H,6-7H2,1-2H3,(H,19,20). The van der Waals surface area contributed by atoms with Crippen LogP contribution in [-0.4, -0.2) is 36.4 Å². The van der Waals surface area contributed by atoms with E-state index in [0.717, 1.165) is 18.0 Å². The predicted molar refractivity (Wildman–Crippen MR) is 80.8 cm³/mol. The van der Waals surface area contributed by atoms with Gasteiger partial charge < -0.3 is 10.2 Å². The molecule has 0 saturated heterocycles. The Hall–Kier alpha value is -2.50. The summed E-state index contributed by atoms with van der Waals surface area (Å²) >= 11 is 0. The average Bonchev–Trinajstić information content (AvgIpc) is 2.49. The molecule has 116 valence electrons. The van der Waals surface area contributed by atoms with Crippen LogP contribution >= 0.6 is 0 Å². The molecule has 1 aromatic heterocycles. The van der Waals surface area contributed by atoms with Gasteiger partial charge in [0.15, 0.2) is 11.6 Å². The van der Waals surface area contributed by atoms with Crippen molar-refractivity contribution in [1.82, 2.24) is 9.88 Å². The van der Waals surface area contributed by atoms with Crippen molar-refractivity contribution in [2.75, 3.05) is 26.0 Å². The maximum absolute atomic E-state index is 13.4. The van der Waals surface area contributed by atoms with Gasteiger partial charge in [-0.15, -0.1) is 0 Å². The number of aromatic nitrogens is 1. The molecular weight excluding hydrogens is 288 g/mol. The maximum atomic E-state index is 13.4. The van der Waals surface area contributed by atoms with Gasteiger partial charge in [-0.3, -0.25) is 9.78 Å². The van der Waals surface area contributed by atoms with Crippen molar-refractivity contribution in [3.05, 3.63) is 59.4 Å². The smallest absolute Gasteiger partial charge is 0.253 e. The van der Waals surface area contributed by atoms with Gasteiger partial charge in [-0.05, 0) is 24.1 Å². The number of benzene rings is 1. The van der Waals surface area contributed by atoms with E-state index in [1.165, 1.54) is 4.90 Å². The van der Waals surface area contributed by atoms with Crippen LogP contribution in [0.3, 0.4) is 0 Å². The molecule has 0 atom stereocenters. The van der Waals surface area contributed by atoms with E-state index < -0.39 is 11.6 Å². The number of hydrogen-bond acceptors (Lipinski definition) is 3. The van der Waals surface area contributed by atoms with Crippen molar-refractivity contribution in [3.63, 3.8) is 0 Å². The van der Waals surface area contributed by atoms with Crippen LogP contribution in [0.1, 0.15) is 15.9 Å². The molecule has 4 nitrogen and oxygen atoms in total. The molecule has 2 rings (SSSR count). The Kier molecular flexibility index (Phi) is 5.04. The Bertz CT molecular complexity index is 654. The number of anilines is 1. The van der Waals surface area contributed by atoms with Crippen LogP contribution in [0, 0.1) is 11.6 Å². The molecule has 1 heterocycles. The molecule has 2 aromatic rings. The zero-order valence-electron chi connectivity index (χ0n) is 12.4. The first-order valence-corrected chi connectivity index (χ1v) is 6.82. The summed E-state index contributed by atoms with van der Waals surface area (Å²) in [6.07, 6.45) is 2.46. The number of nitrogens with zero attached hydrogens (tertiary/aromatic N) is 2. The molecule has 0 radical (unpaired) electrons. The van der Waals surface area contributed by atoms with Gasteiger partial charge in [-0.25, -0.2) is 8.78 Å². The Labute approximate surface area is 127 Å². The fraction of sp³-hybridized carbons (Fsp3) is 0.250. The van der Waals surface area contributed by atoms with Crippen molar-refractivity contribution in [1.29, 1.82) is 0 Å². The minimum Gasteiger partial charge on any atom is -0.380 e. The zero-order chi connectivity index (χ0) is 16.1. The lowest BCUT2D eigenvalue weighted by Crippen LogP contribution is -2.21. The summed E-state index contributed by atoms with van der Waals surface area (Å²) in [5.41, 5.74) is 1.31. The second-order valence-electron chi connectivity index (χ2n) is 5.05. The Balaban J connectivity index is 2.00. The van der Waals surface area contributed by atoms with E-state index in [1.54, 1.807) is 32.3 Å². The van der Waals surface area contributed by atoms with E-state index in [0.29, 0.717) is 18.5 Å². The van der Waals surface area contributed by atoms with Crippen molar-refractivity contribution in [3.8, 4) is 0 Å². The lowest BCUT2D eigenvalue weighted by molar-refractivity contribution is 0.0827. The Morgan fingerprint density at radius 2 is 1.91 bits per heavy atom. The molecule has 1 aromatic carbocycles. The molecule has 0 aliphatic heterocycles. The summed E-state index contributed by atoms with van der Waals surface area (Å²) in [4.78, 5) is 16.8. The highest BCUT2D eigenvalue weighted by molar-refractivity contribution is 5.94. The minimum absolute atomic E-state index is 0.0824. The second kappa shape index (κ2) is 6.98. The summed E-state index contributed by atoms with van der Waals surface area (Å²) in [5, 5.41) is 2.72. The summed E-state index contributed by atoms with van der Waals surface area (Å²) in [5.74, 6) is -1.53. The van der Waals surface area contributed by atoms with Crippen LogP contribution in [0.25, 0.3) is 0 Å². The quantitative estimate of drug-likeness (QED) is 0.924. The highest BCUT2D eigenvalue weighted by Gasteiger charge is 2.10. The SMILES string of the molecule is CN(C)C(=O)c1cccc(CCNc2c(F)cncc2F)c1. The summed E-state index contributed by atoms with van der Waals surface area (Å²) in [7, 11) is 3.37. The Morgan fingerprint density at radius 1 is 1.23 bits per heavy atom. The number of carbonyl (C=O) groups excluding carboxylic acids is 1. The molecule has 0 aliphatic rings. The molecule has 0 bridgehead atoms. The maximum Gasteiger partial charge on any atom is 0.253 e. The highest BCUT2D eigenvalue weighted by Crippen LogP contribution is 2.16. The van der Waals surface area contributed by atoms with E-state index in [9.17, 15) is 13.6 Å². The first kappa shape index (κ1) is 15.9. The number of rotatable bonds is 5. The van der Waals surface area contributed by atoms with Crippen molar-refractivity contribution < 1.29 is 13.6 Å². The zero-order valence-corrected chi connectivity index (χ0v) is 12.4. The van der Waals surface area contributed by atoms with Crippen LogP contribution in [0.15, 0.2) is 36.7 Å². The summed E-state index contributed by atoms with van der Waals surface area (Å²) in [6.45, 7) is 0.345. The summed E-state index contributed by atoms with van der Waals surface area (Å²) < 4.78 is 26.8. The number of amides is 1. The first-order valence-electron chi connectivity index (χ1n) is 6.82. The molecule has 0 saturated carbocycles. The number of halogens is 2. The fourth-order valence-corrected chi connectivity index (χ4v) is 2.03. The van der Waals surface area contributed by atoms with Crippen molar-refractivity contribution in [2.24, 2.45) is 0 Å². The van der Waals surface area contributed by atoms with Crippen molar-refractivity contribution >= 4 is 11.6 Å². The lowest BCUT2D eigenvalue weighted by atomic mass is 10.1. The average molecular weight is 305 g/mol. The molecule has 1 amide bonds. The third-order valence-corrected chi connectivity index (χ3v) is 3.15. The van der Waals surface area contributed by atoms with Crippen LogP contribution < -0.4 is 5.32 Å². The van der Waals surface area contributed by atoms with E-state index >= 15 is 0 Å². The number of hydrogen-bond donors (Lipinski definition) is 1. The third kappa shape index (κ3) is 3.78. The normalized spacial score (nSPS) is 10.4. The van der Waals surface area contributed by atoms with Crippen molar-refractivity contribution in [2.45, 2.75) is 6.42 Å². The van der Waals surface area contributed by atoms with E-state index in [4.69, 9.17) is 0 Å². The van der Waals surface area contributed by atoms with Gasteiger partial charge >= 0.3 is 0 Å². The van der Waals surface area contributed by atoms with Crippen LogP contribution in [-0.2, 0) is 6.42 Å². The van der Waals surface area contributed by atoms with Gasteiger partial charge in [-0.2, -0.15) is 0 Å². The van der Waals surface area contributed by atoms with Gasteiger partial charge in [0.05, 0.1) is 12.4 Å². The Morgan fingerprint density at radius 3 is 2.55 bits per heavy atom. The van der Waals surface area contributed by atoms with Gasteiger partial charge in [0, 0.05) is 26.2 Å². The number of carbonyl (C=O) groups is 1.